The standard InChI is InChI=1S/C17H22F3N3O2/c18-17(19,20)13-1-3-15(4-2-13)25-12-16(24)23-8-5-14(11-23)22-9-6-21-7-10-22/h1-4,14,21H,5-12H2. The molecule has 138 valence electrons. The smallest absolute Gasteiger partial charge is 0.416 e. The van der Waals surface area contributed by atoms with Crippen molar-refractivity contribution in [3.8, 4) is 5.75 Å². The van der Waals surface area contributed by atoms with E-state index in [-0.39, 0.29) is 18.3 Å². The highest BCUT2D eigenvalue weighted by Crippen LogP contribution is 2.30. The lowest BCUT2D eigenvalue weighted by Crippen LogP contribution is -2.49. The summed E-state index contributed by atoms with van der Waals surface area (Å²) in [6.45, 7) is 5.17. The molecule has 1 N–H and O–H groups in total. The number of carbonyl (C=O) groups excluding carboxylic acids is 1. The van der Waals surface area contributed by atoms with Gasteiger partial charge in [-0.05, 0) is 30.7 Å². The Balaban J connectivity index is 1.46. The van der Waals surface area contributed by atoms with Gasteiger partial charge < -0.3 is 15.0 Å². The second kappa shape index (κ2) is 7.61. The van der Waals surface area contributed by atoms with E-state index in [0.29, 0.717) is 19.1 Å². The van der Waals surface area contributed by atoms with Crippen molar-refractivity contribution in [3.63, 3.8) is 0 Å². The minimum Gasteiger partial charge on any atom is -0.484 e. The van der Waals surface area contributed by atoms with Crippen LogP contribution in [0.5, 0.6) is 5.75 Å². The molecule has 1 amide bonds. The molecule has 2 fully saturated rings. The summed E-state index contributed by atoms with van der Waals surface area (Å²) < 4.78 is 42.9. The number of piperazine rings is 1. The molecule has 1 aromatic rings. The highest BCUT2D eigenvalue weighted by molar-refractivity contribution is 5.78. The minimum atomic E-state index is -4.37. The van der Waals surface area contributed by atoms with Crippen LogP contribution in [0.25, 0.3) is 0 Å². The molecule has 2 aliphatic rings. The van der Waals surface area contributed by atoms with E-state index in [1.807, 2.05) is 0 Å². The number of amides is 1. The number of hydrogen-bond acceptors (Lipinski definition) is 4. The largest absolute Gasteiger partial charge is 0.484 e. The summed E-state index contributed by atoms with van der Waals surface area (Å²) in [4.78, 5) is 16.4. The number of ether oxygens (including phenoxy) is 1. The Labute approximate surface area is 144 Å². The second-order valence-corrected chi connectivity index (χ2v) is 6.38. The zero-order valence-electron chi connectivity index (χ0n) is 13.9. The molecule has 0 aromatic heterocycles. The van der Waals surface area contributed by atoms with Crippen LogP contribution in [-0.4, -0.2) is 67.6 Å². The monoisotopic (exact) mass is 357 g/mol. The van der Waals surface area contributed by atoms with Crippen LogP contribution >= 0.6 is 0 Å². The van der Waals surface area contributed by atoms with Crippen molar-refractivity contribution in [1.82, 2.24) is 15.1 Å². The number of nitrogens with one attached hydrogen (secondary N) is 1. The van der Waals surface area contributed by atoms with E-state index in [2.05, 4.69) is 10.2 Å². The minimum absolute atomic E-state index is 0.127. The first-order chi connectivity index (χ1) is 11.9. The summed E-state index contributed by atoms with van der Waals surface area (Å²) in [7, 11) is 0. The first-order valence-electron chi connectivity index (χ1n) is 8.46. The Hall–Kier alpha value is -1.80. The molecule has 0 spiro atoms. The molecule has 0 bridgehead atoms. The fourth-order valence-corrected chi connectivity index (χ4v) is 3.29. The molecular weight excluding hydrogens is 335 g/mol. The van der Waals surface area contributed by atoms with Crippen molar-refractivity contribution in [1.29, 1.82) is 0 Å². The van der Waals surface area contributed by atoms with Crippen molar-refractivity contribution in [2.24, 2.45) is 0 Å². The zero-order valence-corrected chi connectivity index (χ0v) is 13.9. The van der Waals surface area contributed by atoms with E-state index in [0.717, 1.165) is 44.7 Å². The first-order valence-corrected chi connectivity index (χ1v) is 8.46. The molecule has 3 rings (SSSR count). The summed E-state index contributed by atoms with van der Waals surface area (Å²) in [6.07, 6.45) is -3.42. The van der Waals surface area contributed by atoms with Crippen molar-refractivity contribution in [2.45, 2.75) is 18.6 Å². The van der Waals surface area contributed by atoms with Crippen LogP contribution < -0.4 is 10.1 Å². The van der Waals surface area contributed by atoms with Gasteiger partial charge in [0.2, 0.25) is 0 Å². The van der Waals surface area contributed by atoms with Gasteiger partial charge in [0, 0.05) is 45.3 Å². The number of nitrogens with zero attached hydrogens (tertiary/aromatic N) is 2. The average Bonchev–Trinajstić information content (AvgIpc) is 3.10. The predicted molar refractivity (Wildman–Crippen MR) is 86.4 cm³/mol. The lowest BCUT2D eigenvalue weighted by molar-refractivity contribution is -0.137. The molecule has 0 saturated carbocycles. The number of alkyl halides is 3. The fourth-order valence-electron chi connectivity index (χ4n) is 3.29. The lowest BCUT2D eigenvalue weighted by atomic mass is 10.2. The number of carbonyl (C=O) groups is 1. The van der Waals surface area contributed by atoms with Crippen LogP contribution in [0.1, 0.15) is 12.0 Å². The van der Waals surface area contributed by atoms with Crippen LogP contribution in [0.3, 0.4) is 0 Å². The first kappa shape index (κ1) is 18.0. The summed E-state index contributed by atoms with van der Waals surface area (Å²) in [5.74, 6) is 0.136. The highest BCUT2D eigenvalue weighted by Gasteiger charge is 2.31. The number of hydrogen-bond donors (Lipinski definition) is 1. The van der Waals surface area contributed by atoms with Crippen LogP contribution in [0.2, 0.25) is 0 Å². The van der Waals surface area contributed by atoms with Crippen molar-refractivity contribution in [2.75, 3.05) is 45.9 Å². The summed E-state index contributed by atoms with van der Waals surface area (Å²) in [6, 6.07) is 4.77. The van der Waals surface area contributed by atoms with Crippen LogP contribution in [0, 0.1) is 0 Å². The molecule has 1 atom stereocenters. The van der Waals surface area contributed by atoms with Gasteiger partial charge in [-0.15, -0.1) is 0 Å². The van der Waals surface area contributed by atoms with Crippen LogP contribution in [-0.2, 0) is 11.0 Å². The molecule has 0 aliphatic carbocycles. The van der Waals surface area contributed by atoms with Gasteiger partial charge in [0.25, 0.3) is 5.91 Å². The Morgan fingerprint density at radius 3 is 2.48 bits per heavy atom. The molecule has 8 heteroatoms. The van der Waals surface area contributed by atoms with Crippen molar-refractivity contribution < 1.29 is 22.7 Å². The number of rotatable bonds is 4. The van der Waals surface area contributed by atoms with Gasteiger partial charge in [-0.25, -0.2) is 0 Å². The third-order valence-electron chi connectivity index (χ3n) is 4.73. The number of benzene rings is 1. The maximum atomic E-state index is 12.5. The Bertz CT molecular complexity index is 586. The van der Waals surface area contributed by atoms with E-state index in [1.165, 1.54) is 12.1 Å². The van der Waals surface area contributed by atoms with Gasteiger partial charge in [0.05, 0.1) is 5.56 Å². The van der Waals surface area contributed by atoms with Crippen LogP contribution in [0.15, 0.2) is 24.3 Å². The molecular formula is C17H22F3N3O2. The number of halogens is 3. The van der Waals surface area contributed by atoms with E-state index in [1.54, 1.807) is 4.90 Å². The number of likely N-dealkylation sites (tertiary alicyclic amines) is 1. The van der Waals surface area contributed by atoms with Gasteiger partial charge in [-0.1, -0.05) is 0 Å². The molecule has 5 nitrogen and oxygen atoms in total. The normalized spacial score (nSPS) is 22.2. The third-order valence-corrected chi connectivity index (χ3v) is 4.73. The lowest BCUT2D eigenvalue weighted by Gasteiger charge is -2.32. The van der Waals surface area contributed by atoms with Crippen LogP contribution in [0.4, 0.5) is 13.2 Å². The Morgan fingerprint density at radius 2 is 1.84 bits per heavy atom. The van der Waals surface area contributed by atoms with Gasteiger partial charge in [0.15, 0.2) is 6.61 Å². The molecule has 0 radical (unpaired) electrons. The average molecular weight is 357 g/mol. The third kappa shape index (κ3) is 4.64. The molecule has 2 aliphatic heterocycles. The molecule has 1 unspecified atom stereocenters. The quantitative estimate of drug-likeness (QED) is 0.889. The Morgan fingerprint density at radius 1 is 1.16 bits per heavy atom. The molecule has 25 heavy (non-hydrogen) atoms. The maximum absolute atomic E-state index is 12.5. The second-order valence-electron chi connectivity index (χ2n) is 6.38. The van der Waals surface area contributed by atoms with E-state index >= 15 is 0 Å². The van der Waals surface area contributed by atoms with E-state index in [4.69, 9.17) is 4.74 Å². The van der Waals surface area contributed by atoms with Gasteiger partial charge in [0.1, 0.15) is 5.75 Å². The molecule has 2 saturated heterocycles. The summed E-state index contributed by atoms with van der Waals surface area (Å²) in [5.41, 5.74) is -0.732. The predicted octanol–water partition coefficient (Wildman–Crippen LogP) is 1.59. The Kier molecular flexibility index (Phi) is 5.48. The van der Waals surface area contributed by atoms with Crippen molar-refractivity contribution >= 4 is 5.91 Å². The highest BCUT2D eigenvalue weighted by atomic mass is 19.4. The molecule has 1 aromatic carbocycles. The molecule has 2 heterocycles. The van der Waals surface area contributed by atoms with E-state index < -0.39 is 11.7 Å². The van der Waals surface area contributed by atoms with Gasteiger partial charge in [-0.2, -0.15) is 13.2 Å². The van der Waals surface area contributed by atoms with Gasteiger partial charge >= 0.3 is 6.18 Å². The fraction of sp³-hybridized carbons (Fsp3) is 0.588. The van der Waals surface area contributed by atoms with Gasteiger partial charge in [-0.3, -0.25) is 9.69 Å². The topological polar surface area (TPSA) is 44.8 Å². The maximum Gasteiger partial charge on any atom is 0.416 e. The van der Waals surface area contributed by atoms with Crippen molar-refractivity contribution in [3.05, 3.63) is 29.8 Å². The van der Waals surface area contributed by atoms with E-state index in [9.17, 15) is 18.0 Å². The SMILES string of the molecule is O=C(COc1ccc(C(F)(F)F)cc1)N1CCC(N2CCNCC2)C1. The summed E-state index contributed by atoms with van der Waals surface area (Å²) in [5, 5.41) is 3.31. The zero-order chi connectivity index (χ0) is 17.9. The summed E-state index contributed by atoms with van der Waals surface area (Å²) >= 11 is 0.